The standard InChI is InChI=1S/C10H23NO2/c1-6-11-9(7-12-4)10(13-5)8(2)3/h8-11H,6-7H2,1-5H3. The van der Waals surface area contributed by atoms with E-state index >= 15 is 0 Å². The van der Waals surface area contributed by atoms with Crippen LogP contribution in [-0.4, -0.2) is 39.5 Å². The van der Waals surface area contributed by atoms with Crippen LogP contribution in [0.15, 0.2) is 0 Å². The molecule has 80 valence electrons. The maximum absolute atomic E-state index is 5.44. The molecule has 2 unspecified atom stereocenters. The molecular formula is C10H23NO2. The van der Waals surface area contributed by atoms with E-state index in [9.17, 15) is 0 Å². The van der Waals surface area contributed by atoms with Gasteiger partial charge in [0.2, 0.25) is 0 Å². The Morgan fingerprint density at radius 3 is 2.15 bits per heavy atom. The van der Waals surface area contributed by atoms with Gasteiger partial charge in [-0.3, -0.25) is 0 Å². The lowest BCUT2D eigenvalue weighted by molar-refractivity contribution is 0.00723. The second-order valence-corrected chi connectivity index (χ2v) is 3.56. The van der Waals surface area contributed by atoms with Crippen LogP contribution >= 0.6 is 0 Å². The largest absolute Gasteiger partial charge is 0.383 e. The summed E-state index contributed by atoms with van der Waals surface area (Å²) in [4.78, 5) is 0. The van der Waals surface area contributed by atoms with Crippen LogP contribution in [0, 0.1) is 5.92 Å². The van der Waals surface area contributed by atoms with Gasteiger partial charge in [0, 0.05) is 14.2 Å². The Bertz CT molecular complexity index is 111. The normalized spacial score (nSPS) is 16.2. The molecule has 0 radical (unpaired) electrons. The van der Waals surface area contributed by atoms with Crippen molar-refractivity contribution < 1.29 is 9.47 Å². The highest BCUT2D eigenvalue weighted by Gasteiger charge is 2.23. The molecule has 0 aromatic carbocycles. The van der Waals surface area contributed by atoms with Crippen molar-refractivity contribution in [3.63, 3.8) is 0 Å². The average molecular weight is 189 g/mol. The molecule has 0 aromatic heterocycles. The molecule has 0 rings (SSSR count). The summed E-state index contributed by atoms with van der Waals surface area (Å²) in [6, 6.07) is 0.292. The van der Waals surface area contributed by atoms with Gasteiger partial charge in [0.15, 0.2) is 0 Å². The lowest BCUT2D eigenvalue weighted by Crippen LogP contribution is -2.46. The van der Waals surface area contributed by atoms with Crippen LogP contribution in [0.2, 0.25) is 0 Å². The topological polar surface area (TPSA) is 30.5 Å². The molecule has 13 heavy (non-hydrogen) atoms. The molecule has 0 spiro atoms. The monoisotopic (exact) mass is 189 g/mol. The second kappa shape index (κ2) is 7.30. The van der Waals surface area contributed by atoms with Gasteiger partial charge in [-0.15, -0.1) is 0 Å². The molecule has 0 saturated heterocycles. The molecule has 0 aliphatic rings. The van der Waals surface area contributed by atoms with E-state index in [1.807, 2.05) is 0 Å². The first-order valence-electron chi connectivity index (χ1n) is 4.92. The Labute approximate surface area is 81.8 Å². The molecule has 0 bridgehead atoms. The zero-order valence-electron chi connectivity index (χ0n) is 9.46. The van der Waals surface area contributed by atoms with Crippen molar-refractivity contribution in [2.24, 2.45) is 5.92 Å². The minimum atomic E-state index is 0.222. The van der Waals surface area contributed by atoms with Crippen molar-refractivity contribution in [2.75, 3.05) is 27.4 Å². The lowest BCUT2D eigenvalue weighted by Gasteiger charge is -2.29. The van der Waals surface area contributed by atoms with Crippen molar-refractivity contribution >= 4 is 0 Å². The number of nitrogens with one attached hydrogen (secondary N) is 1. The third-order valence-corrected chi connectivity index (χ3v) is 2.14. The summed E-state index contributed by atoms with van der Waals surface area (Å²) in [7, 11) is 3.47. The van der Waals surface area contributed by atoms with Gasteiger partial charge in [-0.05, 0) is 12.5 Å². The Morgan fingerprint density at radius 1 is 1.23 bits per heavy atom. The highest BCUT2D eigenvalue weighted by atomic mass is 16.5. The number of likely N-dealkylation sites (N-methyl/N-ethyl adjacent to an activating group) is 1. The third-order valence-electron chi connectivity index (χ3n) is 2.14. The fourth-order valence-electron chi connectivity index (χ4n) is 1.61. The molecule has 3 heteroatoms. The first-order chi connectivity index (χ1) is 6.17. The predicted molar refractivity (Wildman–Crippen MR) is 55.0 cm³/mol. The molecule has 0 heterocycles. The number of rotatable bonds is 7. The van der Waals surface area contributed by atoms with E-state index in [1.54, 1.807) is 14.2 Å². The van der Waals surface area contributed by atoms with Crippen LogP contribution in [0.1, 0.15) is 20.8 Å². The molecule has 1 N–H and O–H groups in total. The first kappa shape index (κ1) is 12.9. The highest BCUT2D eigenvalue weighted by molar-refractivity contribution is 4.78. The molecule has 2 atom stereocenters. The maximum Gasteiger partial charge on any atom is 0.0769 e. The third kappa shape index (κ3) is 4.60. The van der Waals surface area contributed by atoms with E-state index < -0.39 is 0 Å². The molecule has 0 amide bonds. The van der Waals surface area contributed by atoms with Crippen LogP contribution in [0.3, 0.4) is 0 Å². The number of methoxy groups -OCH3 is 2. The van der Waals surface area contributed by atoms with Gasteiger partial charge < -0.3 is 14.8 Å². The fraction of sp³-hybridized carbons (Fsp3) is 1.00. The summed E-state index contributed by atoms with van der Waals surface area (Å²) in [6.45, 7) is 8.06. The summed E-state index contributed by atoms with van der Waals surface area (Å²) < 4.78 is 10.6. The van der Waals surface area contributed by atoms with Crippen LogP contribution in [-0.2, 0) is 9.47 Å². The van der Waals surface area contributed by atoms with Crippen LogP contribution in [0.5, 0.6) is 0 Å². The summed E-state index contributed by atoms with van der Waals surface area (Å²) in [6.07, 6.45) is 0.222. The molecule has 0 aliphatic carbocycles. The lowest BCUT2D eigenvalue weighted by atomic mass is 10.00. The smallest absolute Gasteiger partial charge is 0.0769 e. The van der Waals surface area contributed by atoms with E-state index in [-0.39, 0.29) is 6.10 Å². The van der Waals surface area contributed by atoms with Gasteiger partial charge in [-0.2, -0.15) is 0 Å². The van der Waals surface area contributed by atoms with Crippen molar-refractivity contribution in [3.05, 3.63) is 0 Å². The zero-order valence-corrected chi connectivity index (χ0v) is 9.46. The van der Waals surface area contributed by atoms with Crippen LogP contribution < -0.4 is 5.32 Å². The van der Waals surface area contributed by atoms with Crippen molar-refractivity contribution in [1.29, 1.82) is 0 Å². The van der Waals surface area contributed by atoms with E-state index in [4.69, 9.17) is 9.47 Å². The minimum Gasteiger partial charge on any atom is -0.383 e. The van der Waals surface area contributed by atoms with Gasteiger partial charge in [0.25, 0.3) is 0 Å². The first-order valence-corrected chi connectivity index (χ1v) is 4.92. The Balaban J connectivity index is 4.11. The van der Waals surface area contributed by atoms with Crippen LogP contribution in [0.4, 0.5) is 0 Å². The quantitative estimate of drug-likeness (QED) is 0.654. The highest BCUT2D eigenvalue weighted by Crippen LogP contribution is 2.10. The fourth-order valence-corrected chi connectivity index (χ4v) is 1.61. The summed E-state index contributed by atoms with van der Waals surface area (Å²) in [5.41, 5.74) is 0. The van der Waals surface area contributed by atoms with Gasteiger partial charge in [-0.1, -0.05) is 20.8 Å². The average Bonchev–Trinajstić information content (AvgIpc) is 2.05. The van der Waals surface area contributed by atoms with Crippen molar-refractivity contribution in [1.82, 2.24) is 5.32 Å². The Kier molecular flexibility index (Phi) is 7.23. The Morgan fingerprint density at radius 2 is 1.85 bits per heavy atom. The number of hydrogen-bond acceptors (Lipinski definition) is 3. The Hall–Kier alpha value is -0.120. The van der Waals surface area contributed by atoms with E-state index in [2.05, 4.69) is 26.1 Å². The van der Waals surface area contributed by atoms with E-state index in [0.717, 1.165) is 6.54 Å². The van der Waals surface area contributed by atoms with Gasteiger partial charge in [0.05, 0.1) is 18.8 Å². The molecule has 0 aromatic rings. The van der Waals surface area contributed by atoms with Gasteiger partial charge in [0.1, 0.15) is 0 Å². The minimum absolute atomic E-state index is 0.222. The van der Waals surface area contributed by atoms with Gasteiger partial charge in [-0.25, -0.2) is 0 Å². The number of ether oxygens (including phenoxy) is 2. The molecule has 0 saturated carbocycles. The predicted octanol–water partition coefficient (Wildman–Crippen LogP) is 1.28. The van der Waals surface area contributed by atoms with Crippen molar-refractivity contribution in [2.45, 2.75) is 32.9 Å². The molecule has 0 aliphatic heterocycles. The van der Waals surface area contributed by atoms with Crippen LogP contribution in [0.25, 0.3) is 0 Å². The van der Waals surface area contributed by atoms with Crippen molar-refractivity contribution in [3.8, 4) is 0 Å². The summed E-state index contributed by atoms with van der Waals surface area (Å²) in [5.74, 6) is 0.504. The SMILES string of the molecule is CCNC(COC)C(OC)C(C)C. The second-order valence-electron chi connectivity index (χ2n) is 3.56. The zero-order chi connectivity index (χ0) is 10.3. The molecule has 3 nitrogen and oxygen atoms in total. The molecular weight excluding hydrogens is 166 g/mol. The maximum atomic E-state index is 5.44. The summed E-state index contributed by atoms with van der Waals surface area (Å²) in [5, 5.41) is 3.37. The van der Waals surface area contributed by atoms with Gasteiger partial charge >= 0.3 is 0 Å². The van der Waals surface area contributed by atoms with E-state index in [0.29, 0.717) is 18.6 Å². The number of hydrogen-bond donors (Lipinski definition) is 1. The summed E-state index contributed by atoms with van der Waals surface area (Å²) >= 11 is 0. The molecule has 0 fully saturated rings. The van der Waals surface area contributed by atoms with E-state index in [1.165, 1.54) is 0 Å².